The summed E-state index contributed by atoms with van der Waals surface area (Å²) in [6.45, 7) is 6.42. The monoisotopic (exact) mass is 366 g/mol. The van der Waals surface area contributed by atoms with E-state index in [1.165, 1.54) is 6.08 Å². The Morgan fingerprint density at radius 1 is 1.11 bits per heavy atom. The zero-order valence-electron chi connectivity index (χ0n) is 15.2. The zero-order chi connectivity index (χ0) is 19.2. The molecule has 0 spiro atoms. The topological polar surface area (TPSA) is 76.7 Å². The number of rotatable bonds is 6. The van der Waals surface area contributed by atoms with Gasteiger partial charge in [-0.2, -0.15) is 0 Å². The van der Waals surface area contributed by atoms with Crippen LogP contribution in [-0.4, -0.2) is 25.0 Å². The number of fused-ring (bicyclic) bond motifs is 1. The average molecular weight is 366 g/mol. The minimum atomic E-state index is -0.270. The molecule has 1 aliphatic rings. The molecule has 2 aromatic carbocycles. The predicted octanol–water partition coefficient (Wildman–Crippen LogP) is 3.00. The third-order valence-corrected chi connectivity index (χ3v) is 4.22. The number of hydrogen-bond acceptors (Lipinski definition) is 4. The minimum Gasteiger partial charge on any atom is -0.486 e. The SMILES string of the molecule is C=CC(=O)Nc1ccc(CC(=O)NC(C)c2ccc3c(c2)OCCO3)cc1. The third-order valence-electron chi connectivity index (χ3n) is 4.22. The van der Waals surface area contributed by atoms with E-state index in [9.17, 15) is 9.59 Å². The smallest absolute Gasteiger partial charge is 0.247 e. The minimum absolute atomic E-state index is 0.0831. The number of amides is 2. The maximum absolute atomic E-state index is 12.3. The lowest BCUT2D eigenvalue weighted by Gasteiger charge is -2.21. The van der Waals surface area contributed by atoms with E-state index >= 15 is 0 Å². The lowest BCUT2D eigenvalue weighted by atomic mass is 10.1. The maximum Gasteiger partial charge on any atom is 0.247 e. The highest BCUT2D eigenvalue weighted by Crippen LogP contribution is 2.32. The van der Waals surface area contributed by atoms with Gasteiger partial charge in [0, 0.05) is 5.69 Å². The number of benzene rings is 2. The molecule has 0 bridgehead atoms. The Morgan fingerprint density at radius 3 is 2.52 bits per heavy atom. The second-order valence-corrected chi connectivity index (χ2v) is 6.26. The van der Waals surface area contributed by atoms with Crippen molar-refractivity contribution in [3.05, 3.63) is 66.2 Å². The molecule has 1 unspecified atom stereocenters. The molecule has 27 heavy (non-hydrogen) atoms. The van der Waals surface area contributed by atoms with Crippen LogP contribution in [-0.2, 0) is 16.0 Å². The largest absolute Gasteiger partial charge is 0.486 e. The molecule has 2 aromatic rings. The van der Waals surface area contributed by atoms with E-state index in [-0.39, 0.29) is 24.3 Å². The summed E-state index contributed by atoms with van der Waals surface area (Å²) in [4.78, 5) is 23.6. The lowest BCUT2D eigenvalue weighted by Crippen LogP contribution is -2.28. The van der Waals surface area contributed by atoms with Crippen molar-refractivity contribution in [3.8, 4) is 11.5 Å². The first-order chi connectivity index (χ1) is 13.0. The first-order valence-corrected chi connectivity index (χ1v) is 8.76. The van der Waals surface area contributed by atoms with Gasteiger partial charge < -0.3 is 20.1 Å². The quantitative estimate of drug-likeness (QED) is 0.771. The molecule has 1 atom stereocenters. The van der Waals surface area contributed by atoms with Gasteiger partial charge >= 0.3 is 0 Å². The molecule has 2 N–H and O–H groups in total. The fourth-order valence-electron chi connectivity index (χ4n) is 2.79. The van der Waals surface area contributed by atoms with E-state index in [1.807, 2.05) is 37.3 Å². The van der Waals surface area contributed by atoms with Crippen molar-refractivity contribution in [3.63, 3.8) is 0 Å². The van der Waals surface area contributed by atoms with Gasteiger partial charge in [0.25, 0.3) is 0 Å². The second kappa shape index (κ2) is 8.40. The van der Waals surface area contributed by atoms with Crippen LogP contribution in [0.5, 0.6) is 11.5 Å². The van der Waals surface area contributed by atoms with Crippen LogP contribution in [0, 0.1) is 0 Å². The number of ether oxygens (including phenoxy) is 2. The highest BCUT2D eigenvalue weighted by molar-refractivity contribution is 5.98. The summed E-state index contributed by atoms with van der Waals surface area (Å²) in [6.07, 6.45) is 1.46. The molecule has 2 amide bonds. The number of anilines is 1. The first kappa shape index (κ1) is 18.5. The van der Waals surface area contributed by atoms with Crippen molar-refractivity contribution in [2.24, 2.45) is 0 Å². The summed E-state index contributed by atoms with van der Waals surface area (Å²) in [5, 5.41) is 5.66. The highest BCUT2D eigenvalue weighted by atomic mass is 16.6. The van der Waals surface area contributed by atoms with Crippen molar-refractivity contribution in [2.75, 3.05) is 18.5 Å². The molecule has 1 heterocycles. The van der Waals surface area contributed by atoms with E-state index in [0.717, 1.165) is 16.9 Å². The van der Waals surface area contributed by atoms with Crippen LogP contribution in [0.1, 0.15) is 24.1 Å². The first-order valence-electron chi connectivity index (χ1n) is 8.76. The summed E-state index contributed by atoms with van der Waals surface area (Å²) in [6, 6.07) is 12.7. The van der Waals surface area contributed by atoms with Crippen LogP contribution in [0.2, 0.25) is 0 Å². The van der Waals surface area contributed by atoms with E-state index in [4.69, 9.17) is 9.47 Å². The Bertz CT molecular complexity index is 846. The Balaban J connectivity index is 1.57. The summed E-state index contributed by atoms with van der Waals surface area (Å²) < 4.78 is 11.1. The Kier molecular flexibility index (Phi) is 5.76. The average Bonchev–Trinajstić information content (AvgIpc) is 2.68. The van der Waals surface area contributed by atoms with Crippen LogP contribution in [0.15, 0.2) is 55.1 Å². The molecule has 0 aliphatic carbocycles. The van der Waals surface area contributed by atoms with Gasteiger partial charge in [0.05, 0.1) is 12.5 Å². The maximum atomic E-state index is 12.3. The fraction of sp³-hybridized carbons (Fsp3) is 0.238. The van der Waals surface area contributed by atoms with Crippen LogP contribution < -0.4 is 20.1 Å². The normalized spacial score (nSPS) is 13.4. The number of nitrogens with one attached hydrogen (secondary N) is 2. The highest BCUT2D eigenvalue weighted by Gasteiger charge is 2.16. The van der Waals surface area contributed by atoms with Gasteiger partial charge in [-0.1, -0.05) is 24.8 Å². The van der Waals surface area contributed by atoms with Gasteiger partial charge in [0.1, 0.15) is 13.2 Å². The third kappa shape index (κ3) is 4.88. The molecule has 6 heteroatoms. The van der Waals surface area contributed by atoms with Gasteiger partial charge in [-0.25, -0.2) is 0 Å². The van der Waals surface area contributed by atoms with Crippen molar-refractivity contribution >= 4 is 17.5 Å². The van der Waals surface area contributed by atoms with Crippen LogP contribution >= 0.6 is 0 Å². The fourth-order valence-corrected chi connectivity index (χ4v) is 2.79. The van der Waals surface area contributed by atoms with E-state index in [2.05, 4.69) is 17.2 Å². The Labute approximate surface area is 158 Å². The van der Waals surface area contributed by atoms with Gasteiger partial charge in [-0.15, -0.1) is 0 Å². The predicted molar refractivity (Wildman–Crippen MR) is 103 cm³/mol. The Morgan fingerprint density at radius 2 is 1.81 bits per heavy atom. The zero-order valence-corrected chi connectivity index (χ0v) is 15.2. The second-order valence-electron chi connectivity index (χ2n) is 6.26. The van der Waals surface area contributed by atoms with Crippen LogP contribution in [0.3, 0.4) is 0 Å². The van der Waals surface area contributed by atoms with E-state index in [1.54, 1.807) is 12.1 Å². The molecular formula is C21H22N2O4. The van der Waals surface area contributed by atoms with Gasteiger partial charge in [-0.05, 0) is 48.4 Å². The summed E-state index contributed by atoms with van der Waals surface area (Å²) in [7, 11) is 0. The van der Waals surface area contributed by atoms with Gasteiger partial charge in [-0.3, -0.25) is 9.59 Å². The molecule has 140 valence electrons. The van der Waals surface area contributed by atoms with Crippen molar-refractivity contribution in [1.29, 1.82) is 0 Å². The molecule has 0 aromatic heterocycles. The van der Waals surface area contributed by atoms with Crippen LogP contribution in [0.25, 0.3) is 0 Å². The number of carbonyl (C=O) groups is 2. The van der Waals surface area contributed by atoms with E-state index < -0.39 is 0 Å². The molecule has 0 fully saturated rings. The Hall–Kier alpha value is -3.28. The molecule has 6 nitrogen and oxygen atoms in total. The van der Waals surface area contributed by atoms with E-state index in [0.29, 0.717) is 24.7 Å². The molecular weight excluding hydrogens is 344 g/mol. The molecule has 3 rings (SSSR count). The number of hydrogen-bond donors (Lipinski definition) is 2. The van der Waals surface area contributed by atoms with Crippen molar-refractivity contribution in [2.45, 2.75) is 19.4 Å². The van der Waals surface area contributed by atoms with Crippen molar-refractivity contribution in [1.82, 2.24) is 5.32 Å². The molecule has 0 saturated heterocycles. The molecule has 0 radical (unpaired) electrons. The van der Waals surface area contributed by atoms with Gasteiger partial charge in [0.15, 0.2) is 11.5 Å². The van der Waals surface area contributed by atoms with Gasteiger partial charge in [0.2, 0.25) is 11.8 Å². The molecule has 1 aliphatic heterocycles. The summed E-state index contributed by atoms with van der Waals surface area (Å²) >= 11 is 0. The van der Waals surface area contributed by atoms with Crippen molar-refractivity contribution < 1.29 is 19.1 Å². The summed E-state index contributed by atoms with van der Waals surface area (Å²) in [5.41, 5.74) is 2.47. The van der Waals surface area contributed by atoms with Crippen LogP contribution in [0.4, 0.5) is 5.69 Å². The number of carbonyl (C=O) groups excluding carboxylic acids is 2. The lowest BCUT2D eigenvalue weighted by molar-refractivity contribution is -0.121. The summed E-state index contributed by atoms with van der Waals surface area (Å²) in [5.74, 6) is 1.08. The standard InChI is InChI=1S/C21H22N2O4/c1-3-20(24)23-17-7-4-15(5-8-17)12-21(25)22-14(2)16-6-9-18-19(13-16)27-11-10-26-18/h3-9,13-14H,1,10-12H2,2H3,(H,22,25)(H,23,24). The molecule has 0 saturated carbocycles.